The Hall–Kier alpha value is -2.38. The van der Waals surface area contributed by atoms with Gasteiger partial charge in [0.2, 0.25) is 0 Å². The fraction of sp³-hybridized carbons (Fsp3) is 0.625. The third-order valence-electron chi connectivity index (χ3n) is 3.90. The first-order chi connectivity index (χ1) is 11.3. The highest BCUT2D eigenvalue weighted by atomic mass is 16.6. The summed E-state index contributed by atoms with van der Waals surface area (Å²) < 4.78 is 10.4. The molecule has 0 aromatic carbocycles. The molecule has 0 saturated carbocycles. The van der Waals surface area contributed by atoms with Gasteiger partial charge in [0.05, 0.1) is 30.7 Å². The van der Waals surface area contributed by atoms with Gasteiger partial charge in [0.25, 0.3) is 0 Å². The predicted molar refractivity (Wildman–Crippen MR) is 85.6 cm³/mol. The average Bonchev–Trinajstić information content (AvgIpc) is 3.14. The SMILES string of the molecule is CC(C)(C)OC(=O)N1CCCC1c1cncc(N2CCOC2=O)n1. The summed E-state index contributed by atoms with van der Waals surface area (Å²) in [5.74, 6) is 0.450. The van der Waals surface area contributed by atoms with E-state index in [1.165, 1.54) is 11.1 Å². The van der Waals surface area contributed by atoms with Crippen molar-refractivity contribution in [3.8, 4) is 0 Å². The predicted octanol–water partition coefficient (Wildman–Crippen LogP) is 2.51. The summed E-state index contributed by atoms with van der Waals surface area (Å²) in [6.45, 7) is 6.95. The van der Waals surface area contributed by atoms with Crippen molar-refractivity contribution >= 4 is 18.0 Å². The Bertz CT molecular complexity index is 643. The summed E-state index contributed by atoms with van der Waals surface area (Å²) in [6, 6.07) is -0.189. The highest BCUT2D eigenvalue weighted by Crippen LogP contribution is 2.32. The van der Waals surface area contributed by atoms with Gasteiger partial charge in [-0.3, -0.25) is 14.8 Å². The van der Waals surface area contributed by atoms with Crippen LogP contribution in [-0.4, -0.2) is 52.4 Å². The van der Waals surface area contributed by atoms with Crippen molar-refractivity contribution in [2.45, 2.75) is 45.3 Å². The molecule has 0 aliphatic carbocycles. The van der Waals surface area contributed by atoms with E-state index in [9.17, 15) is 9.59 Å². The molecule has 2 aliphatic rings. The molecular weight excluding hydrogens is 312 g/mol. The van der Waals surface area contributed by atoms with Gasteiger partial charge < -0.3 is 9.47 Å². The van der Waals surface area contributed by atoms with Gasteiger partial charge in [-0.1, -0.05) is 0 Å². The number of carbonyl (C=O) groups is 2. The van der Waals surface area contributed by atoms with Crippen molar-refractivity contribution < 1.29 is 19.1 Å². The molecule has 2 aliphatic heterocycles. The van der Waals surface area contributed by atoms with Crippen LogP contribution in [0.1, 0.15) is 45.3 Å². The number of amides is 2. The Balaban J connectivity index is 1.80. The minimum Gasteiger partial charge on any atom is -0.447 e. The molecule has 3 rings (SSSR count). The summed E-state index contributed by atoms with van der Waals surface area (Å²) in [6.07, 6.45) is 4.07. The average molecular weight is 334 g/mol. The number of hydrogen-bond donors (Lipinski definition) is 0. The van der Waals surface area contributed by atoms with Gasteiger partial charge in [-0.05, 0) is 33.6 Å². The molecule has 1 aromatic rings. The van der Waals surface area contributed by atoms with Crippen molar-refractivity contribution in [1.82, 2.24) is 14.9 Å². The van der Waals surface area contributed by atoms with Gasteiger partial charge in [0.1, 0.15) is 12.2 Å². The van der Waals surface area contributed by atoms with Crippen LogP contribution in [0, 0.1) is 0 Å². The van der Waals surface area contributed by atoms with Crippen LogP contribution >= 0.6 is 0 Å². The molecule has 2 fully saturated rings. The number of carbonyl (C=O) groups excluding carboxylic acids is 2. The van der Waals surface area contributed by atoms with Crippen molar-refractivity contribution in [2.24, 2.45) is 0 Å². The highest BCUT2D eigenvalue weighted by Gasteiger charge is 2.35. The van der Waals surface area contributed by atoms with Crippen LogP contribution < -0.4 is 4.90 Å². The molecule has 0 spiro atoms. The Labute approximate surface area is 140 Å². The van der Waals surface area contributed by atoms with Crippen molar-refractivity contribution in [3.63, 3.8) is 0 Å². The molecule has 24 heavy (non-hydrogen) atoms. The number of likely N-dealkylation sites (tertiary alicyclic amines) is 1. The fourth-order valence-corrected chi connectivity index (χ4v) is 2.88. The van der Waals surface area contributed by atoms with Gasteiger partial charge in [-0.25, -0.2) is 14.6 Å². The van der Waals surface area contributed by atoms with Gasteiger partial charge >= 0.3 is 12.2 Å². The zero-order chi connectivity index (χ0) is 17.3. The third kappa shape index (κ3) is 3.42. The van der Waals surface area contributed by atoms with E-state index in [2.05, 4.69) is 9.97 Å². The normalized spacial score (nSPS) is 21.1. The van der Waals surface area contributed by atoms with Crippen molar-refractivity contribution in [1.29, 1.82) is 0 Å². The van der Waals surface area contributed by atoms with E-state index >= 15 is 0 Å². The van der Waals surface area contributed by atoms with Gasteiger partial charge in [0, 0.05) is 6.54 Å². The quantitative estimate of drug-likeness (QED) is 0.826. The number of aromatic nitrogens is 2. The minimum atomic E-state index is -0.545. The molecule has 0 radical (unpaired) electrons. The zero-order valence-corrected chi connectivity index (χ0v) is 14.2. The second kappa shape index (κ2) is 6.26. The van der Waals surface area contributed by atoms with E-state index in [0.29, 0.717) is 31.2 Å². The lowest BCUT2D eigenvalue weighted by atomic mass is 10.1. The summed E-state index contributed by atoms with van der Waals surface area (Å²) in [5.41, 5.74) is 0.118. The first-order valence-electron chi connectivity index (χ1n) is 8.11. The number of nitrogens with zero attached hydrogens (tertiary/aromatic N) is 4. The Morgan fingerprint density at radius 3 is 2.79 bits per heavy atom. The van der Waals surface area contributed by atoms with Gasteiger partial charge in [-0.2, -0.15) is 0 Å². The Kier molecular flexibility index (Phi) is 4.29. The van der Waals surface area contributed by atoms with Crippen LogP contribution in [0.15, 0.2) is 12.4 Å². The fourth-order valence-electron chi connectivity index (χ4n) is 2.88. The lowest BCUT2D eigenvalue weighted by molar-refractivity contribution is 0.0221. The molecule has 1 atom stereocenters. The molecule has 0 bridgehead atoms. The zero-order valence-electron chi connectivity index (χ0n) is 14.2. The van der Waals surface area contributed by atoms with Crippen molar-refractivity contribution in [3.05, 3.63) is 18.1 Å². The molecule has 2 saturated heterocycles. The summed E-state index contributed by atoms with van der Waals surface area (Å²) in [7, 11) is 0. The largest absolute Gasteiger partial charge is 0.447 e. The lowest BCUT2D eigenvalue weighted by Gasteiger charge is -2.28. The smallest absolute Gasteiger partial charge is 0.415 e. The van der Waals surface area contributed by atoms with Gasteiger partial charge in [0.15, 0.2) is 5.82 Å². The molecule has 1 unspecified atom stereocenters. The summed E-state index contributed by atoms with van der Waals surface area (Å²) in [5, 5.41) is 0. The molecule has 3 heterocycles. The van der Waals surface area contributed by atoms with E-state index in [1.54, 1.807) is 11.1 Å². The molecule has 1 aromatic heterocycles. The molecule has 8 nitrogen and oxygen atoms in total. The molecular formula is C16H22N4O4. The van der Waals surface area contributed by atoms with E-state index in [0.717, 1.165) is 12.8 Å². The lowest BCUT2D eigenvalue weighted by Crippen LogP contribution is -2.36. The van der Waals surface area contributed by atoms with E-state index in [-0.39, 0.29) is 12.1 Å². The third-order valence-corrected chi connectivity index (χ3v) is 3.90. The van der Waals surface area contributed by atoms with Crippen LogP contribution in [0.5, 0.6) is 0 Å². The number of anilines is 1. The van der Waals surface area contributed by atoms with Gasteiger partial charge in [-0.15, -0.1) is 0 Å². The van der Waals surface area contributed by atoms with Crippen LogP contribution in [0.3, 0.4) is 0 Å². The number of rotatable bonds is 2. The van der Waals surface area contributed by atoms with E-state index < -0.39 is 11.7 Å². The molecule has 0 N–H and O–H groups in total. The van der Waals surface area contributed by atoms with E-state index in [4.69, 9.17) is 9.47 Å². The molecule has 8 heteroatoms. The maximum atomic E-state index is 12.4. The second-order valence-corrected chi connectivity index (χ2v) is 6.90. The van der Waals surface area contributed by atoms with Crippen LogP contribution in [0.25, 0.3) is 0 Å². The van der Waals surface area contributed by atoms with Crippen LogP contribution in [-0.2, 0) is 9.47 Å². The Morgan fingerprint density at radius 2 is 2.12 bits per heavy atom. The minimum absolute atomic E-state index is 0.189. The summed E-state index contributed by atoms with van der Waals surface area (Å²) in [4.78, 5) is 35.9. The maximum Gasteiger partial charge on any atom is 0.415 e. The Morgan fingerprint density at radius 1 is 1.33 bits per heavy atom. The topological polar surface area (TPSA) is 84.9 Å². The maximum absolute atomic E-state index is 12.4. The highest BCUT2D eigenvalue weighted by molar-refractivity contribution is 5.87. The number of ether oxygens (including phenoxy) is 2. The first-order valence-corrected chi connectivity index (χ1v) is 8.11. The molecule has 2 amide bonds. The van der Waals surface area contributed by atoms with Crippen molar-refractivity contribution in [2.75, 3.05) is 24.6 Å². The van der Waals surface area contributed by atoms with Crippen LogP contribution in [0.2, 0.25) is 0 Å². The van der Waals surface area contributed by atoms with Crippen LogP contribution in [0.4, 0.5) is 15.4 Å². The standard InChI is InChI=1S/C16H22N4O4/c1-16(2,3)24-15(22)19-6-4-5-12(19)11-9-17-10-13(18-11)20-7-8-23-14(20)21/h9-10,12H,4-8H2,1-3H3. The summed E-state index contributed by atoms with van der Waals surface area (Å²) >= 11 is 0. The molecule has 130 valence electrons. The monoisotopic (exact) mass is 334 g/mol. The van der Waals surface area contributed by atoms with E-state index in [1.807, 2.05) is 20.8 Å². The number of cyclic esters (lactones) is 1. The second-order valence-electron chi connectivity index (χ2n) is 6.90. The first kappa shape index (κ1) is 16.5. The number of hydrogen-bond acceptors (Lipinski definition) is 6.